The van der Waals surface area contributed by atoms with Gasteiger partial charge >= 0.3 is 0 Å². The van der Waals surface area contributed by atoms with E-state index in [9.17, 15) is 8.78 Å². The zero-order valence-electron chi connectivity index (χ0n) is 8.62. The van der Waals surface area contributed by atoms with Gasteiger partial charge in [0.15, 0.2) is 0 Å². The molecule has 0 spiro atoms. The molecule has 0 unspecified atom stereocenters. The van der Waals surface area contributed by atoms with E-state index < -0.39 is 6.43 Å². The van der Waals surface area contributed by atoms with Crippen LogP contribution in [0.15, 0.2) is 0 Å². The Morgan fingerprint density at radius 1 is 1.47 bits per heavy atom. The fourth-order valence-corrected chi connectivity index (χ4v) is 1.34. The number of aromatic nitrogens is 3. The van der Waals surface area contributed by atoms with E-state index in [-0.39, 0.29) is 17.3 Å². The Labute approximate surface area is 91.8 Å². The Hall–Kier alpha value is -0.750. The quantitative estimate of drug-likeness (QED) is 0.730. The molecular weight excluding hydrogens is 226 g/mol. The maximum atomic E-state index is 12.7. The maximum Gasteiger partial charge on any atom is 0.281 e. The van der Waals surface area contributed by atoms with E-state index in [0.717, 1.165) is 0 Å². The van der Waals surface area contributed by atoms with Gasteiger partial charge in [-0.1, -0.05) is 5.21 Å². The molecule has 0 amide bonds. The van der Waals surface area contributed by atoms with E-state index in [1.807, 2.05) is 19.0 Å². The Kier molecular flexibility index (Phi) is 4.41. The Balaban J connectivity index is 2.82. The van der Waals surface area contributed by atoms with Gasteiger partial charge < -0.3 is 4.90 Å². The molecule has 0 saturated heterocycles. The third kappa shape index (κ3) is 3.10. The normalized spacial score (nSPS) is 11.7. The third-order valence-corrected chi connectivity index (χ3v) is 2.19. The van der Waals surface area contributed by atoms with Gasteiger partial charge in [-0.25, -0.2) is 13.5 Å². The molecule has 0 fully saturated rings. The summed E-state index contributed by atoms with van der Waals surface area (Å²) in [6, 6.07) is 0. The SMILES string of the molecule is CN(C)CCn1nnc(CCl)c1C(F)F. The van der Waals surface area contributed by atoms with E-state index in [1.54, 1.807) is 0 Å². The molecule has 0 aliphatic carbocycles. The van der Waals surface area contributed by atoms with Crippen LogP contribution in [0.2, 0.25) is 0 Å². The molecule has 0 N–H and O–H groups in total. The van der Waals surface area contributed by atoms with Crippen molar-refractivity contribution in [1.82, 2.24) is 19.9 Å². The molecule has 0 aromatic carbocycles. The summed E-state index contributed by atoms with van der Waals surface area (Å²) in [6.07, 6.45) is -2.59. The first-order chi connectivity index (χ1) is 7.06. The van der Waals surface area contributed by atoms with E-state index >= 15 is 0 Å². The van der Waals surface area contributed by atoms with Crippen molar-refractivity contribution in [3.05, 3.63) is 11.4 Å². The maximum absolute atomic E-state index is 12.7. The van der Waals surface area contributed by atoms with Gasteiger partial charge in [0.2, 0.25) is 0 Å². The molecule has 0 bridgehead atoms. The summed E-state index contributed by atoms with van der Waals surface area (Å²) >= 11 is 5.49. The van der Waals surface area contributed by atoms with E-state index in [0.29, 0.717) is 13.1 Å². The number of rotatable bonds is 5. The number of hydrogen-bond donors (Lipinski definition) is 0. The highest BCUT2D eigenvalue weighted by atomic mass is 35.5. The molecule has 0 radical (unpaired) electrons. The first kappa shape index (κ1) is 12.3. The monoisotopic (exact) mass is 238 g/mol. The molecule has 0 atom stereocenters. The van der Waals surface area contributed by atoms with Crippen molar-refractivity contribution in [1.29, 1.82) is 0 Å². The third-order valence-electron chi connectivity index (χ3n) is 1.94. The van der Waals surface area contributed by atoms with Gasteiger partial charge in [-0.3, -0.25) is 0 Å². The van der Waals surface area contributed by atoms with Crippen molar-refractivity contribution in [2.24, 2.45) is 0 Å². The van der Waals surface area contributed by atoms with Gasteiger partial charge in [-0.15, -0.1) is 16.7 Å². The predicted octanol–water partition coefficient (Wildman–Crippen LogP) is 1.52. The van der Waals surface area contributed by atoms with Crippen molar-refractivity contribution in [2.45, 2.75) is 18.9 Å². The van der Waals surface area contributed by atoms with Crippen LogP contribution in [0.3, 0.4) is 0 Å². The van der Waals surface area contributed by atoms with Gasteiger partial charge in [0, 0.05) is 6.54 Å². The van der Waals surface area contributed by atoms with Crippen LogP contribution in [-0.4, -0.2) is 40.5 Å². The second kappa shape index (κ2) is 5.37. The molecule has 0 aliphatic heterocycles. The van der Waals surface area contributed by atoms with Crippen molar-refractivity contribution in [2.75, 3.05) is 20.6 Å². The zero-order valence-corrected chi connectivity index (χ0v) is 9.38. The molecule has 1 heterocycles. The van der Waals surface area contributed by atoms with Crippen molar-refractivity contribution in [3.63, 3.8) is 0 Å². The molecular formula is C8H13ClF2N4. The fraction of sp³-hybridized carbons (Fsp3) is 0.750. The topological polar surface area (TPSA) is 34.0 Å². The minimum absolute atomic E-state index is 0.0400. The first-order valence-electron chi connectivity index (χ1n) is 4.47. The smallest absolute Gasteiger partial charge is 0.281 e. The van der Waals surface area contributed by atoms with Crippen LogP contribution >= 0.6 is 11.6 Å². The largest absolute Gasteiger partial charge is 0.308 e. The number of likely N-dealkylation sites (N-methyl/N-ethyl adjacent to an activating group) is 1. The van der Waals surface area contributed by atoms with E-state index in [4.69, 9.17) is 11.6 Å². The molecule has 15 heavy (non-hydrogen) atoms. The van der Waals surface area contributed by atoms with Gasteiger partial charge in [0.05, 0.1) is 12.4 Å². The second-order valence-corrected chi connectivity index (χ2v) is 3.65. The molecule has 1 rings (SSSR count). The molecule has 0 aliphatic rings. The van der Waals surface area contributed by atoms with Gasteiger partial charge in [-0.2, -0.15) is 0 Å². The summed E-state index contributed by atoms with van der Waals surface area (Å²) in [5.41, 5.74) is -0.0164. The summed E-state index contributed by atoms with van der Waals surface area (Å²) in [4.78, 5) is 1.89. The highest BCUT2D eigenvalue weighted by Gasteiger charge is 2.20. The second-order valence-electron chi connectivity index (χ2n) is 3.38. The van der Waals surface area contributed by atoms with E-state index in [2.05, 4.69) is 10.3 Å². The number of halogens is 3. The van der Waals surface area contributed by atoms with Crippen LogP contribution in [0.1, 0.15) is 17.8 Å². The van der Waals surface area contributed by atoms with Crippen LogP contribution in [0.4, 0.5) is 8.78 Å². The summed E-state index contributed by atoms with van der Waals surface area (Å²) in [7, 11) is 3.73. The standard InChI is InChI=1S/C8H13ClF2N4/c1-14(2)3-4-15-7(8(10)11)6(5-9)12-13-15/h8H,3-5H2,1-2H3. The van der Waals surface area contributed by atoms with Gasteiger partial charge in [0.25, 0.3) is 6.43 Å². The lowest BCUT2D eigenvalue weighted by Crippen LogP contribution is -2.20. The Morgan fingerprint density at radius 3 is 2.60 bits per heavy atom. The number of nitrogens with zero attached hydrogens (tertiary/aromatic N) is 4. The zero-order chi connectivity index (χ0) is 11.4. The summed E-state index contributed by atoms with van der Waals surface area (Å²) in [6.45, 7) is 1.02. The first-order valence-corrected chi connectivity index (χ1v) is 5.00. The lowest BCUT2D eigenvalue weighted by Gasteiger charge is -2.10. The van der Waals surface area contributed by atoms with Crippen molar-refractivity contribution < 1.29 is 8.78 Å². The highest BCUT2D eigenvalue weighted by Crippen LogP contribution is 2.22. The van der Waals surface area contributed by atoms with Crippen molar-refractivity contribution in [3.8, 4) is 0 Å². The van der Waals surface area contributed by atoms with Gasteiger partial charge in [0.1, 0.15) is 11.4 Å². The molecule has 0 saturated carbocycles. The van der Waals surface area contributed by atoms with Crippen LogP contribution in [0, 0.1) is 0 Å². The molecule has 1 aromatic rings. The summed E-state index contributed by atoms with van der Waals surface area (Å²) < 4.78 is 26.5. The summed E-state index contributed by atoms with van der Waals surface area (Å²) in [5.74, 6) is -0.0400. The van der Waals surface area contributed by atoms with Crippen LogP contribution in [-0.2, 0) is 12.4 Å². The van der Waals surface area contributed by atoms with Crippen LogP contribution < -0.4 is 0 Å². The minimum atomic E-state index is -2.59. The minimum Gasteiger partial charge on any atom is -0.308 e. The lowest BCUT2D eigenvalue weighted by atomic mass is 10.3. The van der Waals surface area contributed by atoms with Crippen LogP contribution in [0.5, 0.6) is 0 Å². The number of alkyl halides is 3. The predicted molar refractivity (Wildman–Crippen MR) is 53.1 cm³/mol. The fourth-order valence-electron chi connectivity index (χ4n) is 1.15. The Bertz CT molecular complexity index is 314. The molecule has 86 valence electrons. The van der Waals surface area contributed by atoms with E-state index in [1.165, 1.54) is 4.68 Å². The van der Waals surface area contributed by atoms with Crippen LogP contribution in [0.25, 0.3) is 0 Å². The van der Waals surface area contributed by atoms with Gasteiger partial charge in [-0.05, 0) is 14.1 Å². The Morgan fingerprint density at radius 2 is 2.13 bits per heavy atom. The summed E-state index contributed by atoms with van der Waals surface area (Å²) in [5, 5.41) is 7.27. The highest BCUT2D eigenvalue weighted by molar-refractivity contribution is 6.16. The average Bonchev–Trinajstić information content (AvgIpc) is 2.57. The lowest BCUT2D eigenvalue weighted by molar-refractivity contribution is 0.137. The molecule has 4 nitrogen and oxygen atoms in total. The number of hydrogen-bond acceptors (Lipinski definition) is 3. The molecule has 7 heteroatoms. The average molecular weight is 239 g/mol. The molecule has 1 aromatic heterocycles. The van der Waals surface area contributed by atoms with Crippen molar-refractivity contribution >= 4 is 11.6 Å².